The summed E-state index contributed by atoms with van der Waals surface area (Å²) in [6.07, 6.45) is -0.686. The van der Waals surface area contributed by atoms with Crippen LogP contribution in [0.4, 0.5) is 19.4 Å². The lowest BCUT2D eigenvalue weighted by Crippen LogP contribution is -2.50. The zero-order valence-corrected chi connectivity index (χ0v) is 15.8. The topological polar surface area (TPSA) is 84.6 Å². The summed E-state index contributed by atoms with van der Waals surface area (Å²) >= 11 is 0. The highest BCUT2D eigenvalue weighted by Gasteiger charge is 2.46. The fourth-order valence-corrected chi connectivity index (χ4v) is 3.62. The van der Waals surface area contributed by atoms with E-state index in [0.29, 0.717) is 18.7 Å². The second-order valence-electron chi connectivity index (χ2n) is 7.99. The molecule has 2 atom stereocenters. The molecule has 2 unspecified atom stereocenters. The summed E-state index contributed by atoms with van der Waals surface area (Å²) in [5.41, 5.74) is -0.0193. The Morgan fingerprint density at radius 3 is 2.61 bits per heavy atom. The van der Waals surface area contributed by atoms with E-state index in [4.69, 9.17) is 4.74 Å². The van der Waals surface area contributed by atoms with Crippen LogP contribution in [0.2, 0.25) is 0 Å². The molecule has 0 aromatic carbocycles. The Bertz CT molecular complexity index is 865. The van der Waals surface area contributed by atoms with Gasteiger partial charge in [0.2, 0.25) is 5.82 Å². The molecule has 4 rings (SSSR count). The van der Waals surface area contributed by atoms with E-state index in [2.05, 4.69) is 24.5 Å². The van der Waals surface area contributed by atoms with E-state index in [9.17, 15) is 13.6 Å². The quantitative estimate of drug-likeness (QED) is 0.791. The molecule has 8 nitrogen and oxygen atoms in total. The van der Waals surface area contributed by atoms with Crippen molar-refractivity contribution < 1.29 is 22.8 Å². The number of alkyl halides is 2. The number of pyridine rings is 1. The Balaban J connectivity index is 1.42. The zero-order valence-electron chi connectivity index (χ0n) is 15.8. The maximum absolute atomic E-state index is 12.6. The molecular weight excluding hydrogens is 372 g/mol. The van der Waals surface area contributed by atoms with Crippen LogP contribution in [0.5, 0.6) is 0 Å². The molecule has 2 aromatic heterocycles. The van der Waals surface area contributed by atoms with Gasteiger partial charge < -0.3 is 19.1 Å². The molecule has 0 spiro atoms. The molecule has 2 fully saturated rings. The van der Waals surface area contributed by atoms with Crippen LogP contribution in [0.1, 0.15) is 39.5 Å². The predicted molar refractivity (Wildman–Crippen MR) is 95.0 cm³/mol. The number of carbonyl (C=O) groups excluding carboxylic acids is 1. The SMILES string of the molecule is CC(C)(C)OC(=O)N1CC2CC1CN2c1ccc(-c2noc(C(F)F)n2)cn1. The monoisotopic (exact) mass is 393 g/mol. The molecule has 0 N–H and O–H groups in total. The maximum Gasteiger partial charge on any atom is 0.410 e. The number of anilines is 1. The van der Waals surface area contributed by atoms with Gasteiger partial charge in [0.1, 0.15) is 11.4 Å². The summed E-state index contributed by atoms with van der Waals surface area (Å²) in [4.78, 5) is 24.4. The number of halogens is 2. The minimum absolute atomic E-state index is 0.0772. The number of ether oxygens (including phenoxy) is 1. The van der Waals surface area contributed by atoms with E-state index in [0.717, 1.165) is 12.2 Å². The van der Waals surface area contributed by atoms with Crippen LogP contribution >= 0.6 is 0 Å². The van der Waals surface area contributed by atoms with Crippen molar-refractivity contribution in [1.82, 2.24) is 20.0 Å². The first-order valence-electron chi connectivity index (χ1n) is 9.06. The Hall–Kier alpha value is -2.78. The van der Waals surface area contributed by atoms with Crippen LogP contribution in [0.3, 0.4) is 0 Å². The molecule has 2 saturated heterocycles. The fourth-order valence-electron chi connectivity index (χ4n) is 3.62. The van der Waals surface area contributed by atoms with Gasteiger partial charge in [0.25, 0.3) is 5.89 Å². The zero-order chi connectivity index (χ0) is 20.1. The predicted octanol–water partition coefficient (Wildman–Crippen LogP) is 3.27. The van der Waals surface area contributed by atoms with Crippen molar-refractivity contribution >= 4 is 11.9 Å². The van der Waals surface area contributed by atoms with Crippen molar-refractivity contribution in [2.45, 2.75) is 51.3 Å². The van der Waals surface area contributed by atoms with Gasteiger partial charge in [0.05, 0.1) is 12.1 Å². The summed E-state index contributed by atoms with van der Waals surface area (Å²) in [6, 6.07) is 3.78. The minimum atomic E-state index is -2.80. The van der Waals surface area contributed by atoms with Gasteiger partial charge >= 0.3 is 12.5 Å². The van der Waals surface area contributed by atoms with Gasteiger partial charge in [-0.15, -0.1) is 0 Å². The highest BCUT2D eigenvalue weighted by Crippen LogP contribution is 2.35. The number of likely N-dealkylation sites (tertiary alicyclic amines) is 1. The first-order chi connectivity index (χ1) is 13.2. The van der Waals surface area contributed by atoms with Gasteiger partial charge in [-0.1, -0.05) is 5.16 Å². The normalized spacial score (nSPS) is 21.6. The van der Waals surface area contributed by atoms with Gasteiger partial charge in [-0.05, 0) is 39.3 Å². The summed E-state index contributed by atoms with van der Waals surface area (Å²) < 4.78 is 35.1. The van der Waals surface area contributed by atoms with Crippen LogP contribution in [0.25, 0.3) is 11.4 Å². The molecule has 2 aliphatic heterocycles. The molecule has 150 valence electrons. The average molecular weight is 393 g/mol. The van der Waals surface area contributed by atoms with E-state index < -0.39 is 17.9 Å². The minimum Gasteiger partial charge on any atom is -0.444 e. The van der Waals surface area contributed by atoms with E-state index in [1.54, 1.807) is 17.0 Å². The highest BCUT2D eigenvalue weighted by atomic mass is 19.3. The molecule has 2 bridgehead atoms. The first-order valence-corrected chi connectivity index (χ1v) is 9.06. The molecule has 0 radical (unpaired) electrons. The third kappa shape index (κ3) is 3.50. The fraction of sp³-hybridized carbons (Fsp3) is 0.556. The van der Waals surface area contributed by atoms with Crippen LogP contribution in [-0.2, 0) is 4.74 Å². The number of hydrogen-bond acceptors (Lipinski definition) is 7. The van der Waals surface area contributed by atoms with Crippen molar-refractivity contribution in [3.05, 3.63) is 24.2 Å². The van der Waals surface area contributed by atoms with Crippen molar-refractivity contribution in [3.8, 4) is 11.4 Å². The summed E-state index contributed by atoms with van der Waals surface area (Å²) in [6.45, 7) is 6.82. The molecule has 10 heteroatoms. The van der Waals surface area contributed by atoms with Crippen molar-refractivity contribution in [2.75, 3.05) is 18.0 Å². The second-order valence-corrected chi connectivity index (χ2v) is 7.99. The molecule has 1 amide bonds. The molecule has 0 saturated carbocycles. The van der Waals surface area contributed by atoms with Crippen LogP contribution in [0.15, 0.2) is 22.9 Å². The van der Waals surface area contributed by atoms with Crippen LogP contribution in [-0.4, -0.2) is 56.9 Å². The van der Waals surface area contributed by atoms with Gasteiger partial charge in [-0.3, -0.25) is 0 Å². The number of piperazine rings is 1. The molecule has 2 aromatic rings. The number of carbonyl (C=O) groups is 1. The van der Waals surface area contributed by atoms with Crippen LogP contribution in [0, 0.1) is 0 Å². The van der Waals surface area contributed by atoms with Crippen molar-refractivity contribution in [2.24, 2.45) is 0 Å². The smallest absolute Gasteiger partial charge is 0.410 e. The first kappa shape index (κ1) is 18.6. The van der Waals surface area contributed by atoms with E-state index in [1.165, 1.54) is 6.20 Å². The third-order valence-electron chi connectivity index (χ3n) is 4.80. The molecule has 2 aliphatic rings. The van der Waals surface area contributed by atoms with E-state index in [1.807, 2.05) is 20.8 Å². The lowest BCUT2D eigenvalue weighted by atomic mass is 10.2. The number of amides is 1. The average Bonchev–Trinajstić information content (AvgIpc) is 3.35. The largest absolute Gasteiger partial charge is 0.444 e. The van der Waals surface area contributed by atoms with Gasteiger partial charge in [0, 0.05) is 24.8 Å². The highest BCUT2D eigenvalue weighted by molar-refractivity contribution is 5.70. The number of hydrogen-bond donors (Lipinski definition) is 0. The lowest BCUT2D eigenvalue weighted by molar-refractivity contribution is 0.0214. The summed E-state index contributed by atoms with van der Waals surface area (Å²) in [5.74, 6) is 0.129. The third-order valence-corrected chi connectivity index (χ3v) is 4.80. The van der Waals surface area contributed by atoms with Gasteiger partial charge in [-0.2, -0.15) is 13.8 Å². The Kier molecular flexibility index (Phi) is 4.43. The maximum atomic E-state index is 12.6. The van der Waals surface area contributed by atoms with E-state index >= 15 is 0 Å². The van der Waals surface area contributed by atoms with Gasteiger partial charge in [0.15, 0.2) is 0 Å². The summed E-state index contributed by atoms with van der Waals surface area (Å²) in [5, 5.41) is 3.55. The summed E-state index contributed by atoms with van der Waals surface area (Å²) in [7, 11) is 0. The Morgan fingerprint density at radius 2 is 2.07 bits per heavy atom. The van der Waals surface area contributed by atoms with Crippen molar-refractivity contribution in [1.29, 1.82) is 0 Å². The van der Waals surface area contributed by atoms with Crippen molar-refractivity contribution in [3.63, 3.8) is 0 Å². The number of fused-ring (bicyclic) bond motifs is 2. The standard InChI is InChI=1S/C18H21F2N5O3/c1-18(2,3)27-17(26)25-9-11-6-12(25)8-24(11)13-5-4-10(7-21-13)15-22-16(14(19)20)28-23-15/h4-5,7,11-12,14H,6,8-9H2,1-3H3. The molecule has 0 aliphatic carbocycles. The molecule has 4 heterocycles. The number of rotatable bonds is 3. The Morgan fingerprint density at radius 1 is 1.29 bits per heavy atom. The van der Waals surface area contributed by atoms with Crippen LogP contribution < -0.4 is 4.90 Å². The number of nitrogens with zero attached hydrogens (tertiary/aromatic N) is 5. The number of aromatic nitrogens is 3. The Labute approximate surface area is 160 Å². The van der Waals surface area contributed by atoms with Gasteiger partial charge in [-0.25, -0.2) is 9.78 Å². The second kappa shape index (κ2) is 6.68. The molecular formula is C18H21F2N5O3. The van der Waals surface area contributed by atoms with E-state index in [-0.39, 0.29) is 24.0 Å². The lowest BCUT2D eigenvalue weighted by Gasteiger charge is -2.35. The molecule has 28 heavy (non-hydrogen) atoms.